The van der Waals surface area contributed by atoms with Crippen LogP contribution in [-0.2, 0) is 0 Å². The zero-order chi connectivity index (χ0) is 30.2. The maximum atomic E-state index is 6.98. The lowest BCUT2D eigenvalue weighted by atomic mass is 9.30. The minimum atomic E-state index is -0.114. The molecule has 3 nitrogen and oxygen atoms in total. The fraction of sp³-hybridized carbons (Fsp3) is 0.0476. The van der Waals surface area contributed by atoms with E-state index < -0.39 is 0 Å². The number of nitrogens with zero attached hydrogens (tertiary/aromatic N) is 1. The third-order valence-corrected chi connectivity index (χ3v) is 9.92. The molecule has 1 aromatic heterocycles. The second kappa shape index (κ2) is 9.88. The van der Waals surface area contributed by atoms with Crippen LogP contribution in [0.15, 0.2) is 164 Å². The number of fused-ring (bicyclic) bond motifs is 7. The largest absolute Gasteiger partial charge is 0.487 e. The Morgan fingerprint density at radius 2 is 1.24 bits per heavy atom. The van der Waals surface area contributed by atoms with Gasteiger partial charge < -0.3 is 14.0 Å². The first-order chi connectivity index (χ1) is 22.8. The predicted molar refractivity (Wildman–Crippen MR) is 189 cm³/mol. The molecule has 0 saturated heterocycles. The molecular weight excluding hydrogens is 561 g/mol. The number of hydrogen-bond donors (Lipinski definition) is 0. The van der Waals surface area contributed by atoms with Gasteiger partial charge in [-0.3, -0.25) is 0 Å². The maximum Gasteiger partial charge on any atom is 0.234 e. The number of aromatic nitrogens is 1. The summed E-state index contributed by atoms with van der Waals surface area (Å²) >= 11 is 0. The van der Waals surface area contributed by atoms with E-state index >= 15 is 0 Å². The van der Waals surface area contributed by atoms with Gasteiger partial charge in [0.05, 0.1) is 11.0 Å². The van der Waals surface area contributed by atoms with Crippen molar-refractivity contribution in [1.82, 2.24) is 4.57 Å². The first kappa shape index (κ1) is 25.6. The molecular formula is C42H28BNO2. The molecule has 2 aliphatic heterocycles. The Morgan fingerprint density at radius 1 is 0.565 bits per heavy atom. The molecule has 7 aromatic rings. The van der Waals surface area contributed by atoms with Gasteiger partial charge in [0, 0.05) is 27.8 Å². The highest BCUT2D eigenvalue weighted by molar-refractivity contribution is 6.89. The molecule has 216 valence electrons. The molecule has 2 unspecified atom stereocenters. The molecule has 0 fully saturated rings. The number of ether oxygens (including phenoxy) is 2. The van der Waals surface area contributed by atoms with Gasteiger partial charge in [0.1, 0.15) is 23.4 Å². The quantitative estimate of drug-likeness (QED) is 0.193. The lowest BCUT2D eigenvalue weighted by Crippen LogP contribution is -2.58. The molecule has 1 aliphatic carbocycles. The van der Waals surface area contributed by atoms with E-state index in [4.69, 9.17) is 9.47 Å². The van der Waals surface area contributed by atoms with Crippen LogP contribution < -0.4 is 20.4 Å². The van der Waals surface area contributed by atoms with Crippen LogP contribution in [0.3, 0.4) is 0 Å². The van der Waals surface area contributed by atoms with E-state index in [1.807, 2.05) is 0 Å². The molecule has 3 heterocycles. The summed E-state index contributed by atoms with van der Waals surface area (Å²) in [5.74, 6) is 2.92. The average molecular weight is 590 g/mol. The van der Waals surface area contributed by atoms with E-state index in [2.05, 4.69) is 162 Å². The topological polar surface area (TPSA) is 23.4 Å². The molecule has 4 heteroatoms. The number of hydrogen-bond acceptors (Lipinski definition) is 2. The van der Waals surface area contributed by atoms with E-state index in [0.717, 1.165) is 45.2 Å². The van der Waals surface area contributed by atoms with Gasteiger partial charge in [-0.25, -0.2) is 0 Å². The molecule has 0 radical (unpaired) electrons. The van der Waals surface area contributed by atoms with Gasteiger partial charge in [0.25, 0.3) is 0 Å². The molecule has 0 bridgehead atoms. The molecule has 0 saturated carbocycles. The van der Waals surface area contributed by atoms with Crippen molar-refractivity contribution in [2.45, 2.75) is 11.9 Å². The first-order valence-corrected chi connectivity index (χ1v) is 16.0. The Labute approximate surface area is 267 Å². The lowest BCUT2D eigenvalue weighted by Gasteiger charge is -2.43. The molecule has 46 heavy (non-hydrogen) atoms. The van der Waals surface area contributed by atoms with Crippen molar-refractivity contribution in [1.29, 1.82) is 0 Å². The highest BCUT2D eigenvalue weighted by atomic mass is 16.5. The van der Waals surface area contributed by atoms with Crippen LogP contribution in [0, 0.1) is 0 Å². The Balaban J connectivity index is 1.12. The SMILES string of the molecule is C1=C(c2ccccc2)C=C2Oc3c(cccc3-c3ccc(-n4c5ccccc5c5ccccc54)cc3)B3c4ccccc4OC1C32. The molecule has 6 aromatic carbocycles. The standard InChI is InChI=1S/C42H28BNO2/c1-2-11-27(12-3-1)29-25-39-41-40(26-29)46-42-31(15-10-17-35(42)43(41)34-16-6-9-20-38(34)45-39)28-21-23-30(24-22-28)44-36-18-7-4-13-32(36)33-14-5-8-19-37(33)44/h1-26,39,41H. The summed E-state index contributed by atoms with van der Waals surface area (Å²) in [6.45, 7) is 0.135. The van der Waals surface area contributed by atoms with Crippen LogP contribution in [0.2, 0.25) is 5.82 Å². The molecule has 3 aliphatic rings. The third kappa shape index (κ3) is 3.74. The second-order valence-electron chi connectivity index (χ2n) is 12.4. The fourth-order valence-corrected chi connectivity index (χ4v) is 7.90. The predicted octanol–water partition coefficient (Wildman–Crippen LogP) is 8.56. The third-order valence-electron chi connectivity index (χ3n) is 9.92. The Bertz CT molecular complexity index is 2330. The van der Waals surface area contributed by atoms with Crippen molar-refractivity contribution in [3.63, 3.8) is 0 Å². The van der Waals surface area contributed by atoms with Crippen molar-refractivity contribution in [2.75, 3.05) is 0 Å². The van der Waals surface area contributed by atoms with Crippen LogP contribution in [0.5, 0.6) is 11.5 Å². The minimum Gasteiger partial charge on any atom is -0.487 e. The van der Waals surface area contributed by atoms with Crippen LogP contribution in [0.1, 0.15) is 5.56 Å². The summed E-state index contributed by atoms with van der Waals surface area (Å²) in [7, 11) is 0. The lowest BCUT2D eigenvalue weighted by molar-refractivity contribution is 0.220. The van der Waals surface area contributed by atoms with Gasteiger partial charge in [0.15, 0.2) is 0 Å². The zero-order valence-corrected chi connectivity index (χ0v) is 25.0. The monoisotopic (exact) mass is 589 g/mol. The molecule has 0 N–H and O–H groups in total. The Morgan fingerprint density at radius 3 is 2.02 bits per heavy atom. The molecule has 10 rings (SSSR count). The van der Waals surface area contributed by atoms with Crippen molar-refractivity contribution in [3.05, 3.63) is 169 Å². The van der Waals surface area contributed by atoms with Crippen molar-refractivity contribution in [3.8, 4) is 28.3 Å². The minimum absolute atomic E-state index is 0.0720. The van der Waals surface area contributed by atoms with Crippen molar-refractivity contribution in [2.24, 2.45) is 0 Å². The zero-order valence-electron chi connectivity index (χ0n) is 25.0. The van der Waals surface area contributed by atoms with Gasteiger partial charge in [-0.15, -0.1) is 0 Å². The summed E-state index contributed by atoms with van der Waals surface area (Å²) in [6.07, 6.45) is 4.39. The molecule has 0 spiro atoms. The smallest absolute Gasteiger partial charge is 0.234 e. The number of allylic oxidation sites excluding steroid dienone is 2. The van der Waals surface area contributed by atoms with Gasteiger partial charge in [-0.05, 0) is 70.1 Å². The Kier molecular flexibility index (Phi) is 5.50. The van der Waals surface area contributed by atoms with Crippen LogP contribution in [0.4, 0.5) is 0 Å². The normalized spacial score (nSPS) is 17.7. The molecule has 2 atom stereocenters. The highest BCUT2D eigenvalue weighted by Crippen LogP contribution is 2.46. The van der Waals surface area contributed by atoms with Crippen LogP contribution in [0.25, 0.3) is 44.2 Å². The first-order valence-electron chi connectivity index (χ1n) is 16.0. The highest BCUT2D eigenvalue weighted by Gasteiger charge is 2.50. The Hall–Kier alpha value is -5.74. The van der Waals surface area contributed by atoms with E-state index in [1.165, 1.54) is 32.7 Å². The van der Waals surface area contributed by atoms with Crippen LogP contribution in [-0.4, -0.2) is 17.4 Å². The number of benzene rings is 6. The number of rotatable bonds is 3. The van der Waals surface area contributed by atoms with Gasteiger partial charge in [-0.2, -0.15) is 0 Å². The van der Waals surface area contributed by atoms with Crippen molar-refractivity contribution < 1.29 is 9.47 Å². The van der Waals surface area contributed by atoms with E-state index in [9.17, 15) is 0 Å². The van der Waals surface area contributed by atoms with Crippen molar-refractivity contribution >= 4 is 45.0 Å². The van der Waals surface area contributed by atoms with E-state index in [0.29, 0.717) is 0 Å². The second-order valence-corrected chi connectivity index (χ2v) is 12.4. The average Bonchev–Trinajstić information content (AvgIpc) is 3.46. The molecule has 0 amide bonds. The van der Waals surface area contributed by atoms with Crippen LogP contribution >= 0.6 is 0 Å². The summed E-state index contributed by atoms with van der Waals surface area (Å²) in [5, 5.41) is 2.53. The summed E-state index contributed by atoms with van der Waals surface area (Å²) in [5.41, 5.74) is 10.5. The fourth-order valence-electron chi connectivity index (χ4n) is 7.90. The van der Waals surface area contributed by atoms with E-state index in [1.54, 1.807) is 0 Å². The maximum absolute atomic E-state index is 6.98. The summed E-state index contributed by atoms with van der Waals surface area (Å²) in [6, 6.07) is 51.8. The summed E-state index contributed by atoms with van der Waals surface area (Å²) in [4.78, 5) is 0. The van der Waals surface area contributed by atoms with Gasteiger partial charge in [0.2, 0.25) is 6.71 Å². The van der Waals surface area contributed by atoms with Gasteiger partial charge >= 0.3 is 0 Å². The summed E-state index contributed by atoms with van der Waals surface area (Å²) < 4.78 is 16.0. The number of para-hydroxylation sites is 4. The van der Waals surface area contributed by atoms with Gasteiger partial charge in [-0.1, -0.05) is 115 Å². The van der Waals surface area contributed by atoms with E-state index in [-0.39, 0.29) is 18.6 Å².